The fraction of sp³-hybridized carbons (Fsp3) is 0.375. The zero-order valence-corrected chi connectivity index (χ0v) is 11.2. The molecule has 0 radical (unpaired) electrons. The van der Waals surface area contributed by atoms with E-state index in [0.717, 1.165) is 23.6 Å². The van der Waals surface area contributed by atoms with Gasteiger partial charge in [0, 0.05) is 12.1 Å². The normalized spacial score (nSPS) is 13.5. The molecule has 1 N–H and O–H groups in total. The van der Waals surface area contributed by atoms with Crippen molar-refractivity contribution in [2.45, 2.75) is 32.4 Å². The Bertz CT molecular complexity index is 560. The molecule has 0 saturated heterocycles. The number of hydrogen-bond donors (Lipinski definition) is 1. The van der Waals surface area contributed by atoms with E-state index in [-0.39, 0.29) is 0 Å². The van der Waals surface area contributed by atoms with Crippen molar-refractivity contribution < 1.29 is 9.15 Å². The van der Waals surface area contributed by atoms with E-state index in [1.54, 1.807) is 6.26 Å². The lowest BCUT2D eigenvalue weighted by Crippen LogP contribution is -2.07. The number of benzene rings is 1. The van der Waals surface area contributed by atoms with E-state index in [1.807, 2.05) is 13.1 Å². The molecule has 3 rings (SSSR count). The SMILES string of the molecule is CNCc1ccoc1COc1ccc2c(c1)CCC2. The highest BCUT2D eigenvalue weighted by Crippen LogP contribution is 2.26. The molecule has 1 aliphatic rings. The first-order chi connectivity index (χ1) is 9.36. The molecule has 1 aliphatic carbocycles. The summed E-state index contributed by atoms with van der Waals surface area (Å²) in [7, 11) is 1.93. The van der Waals surface area contributed by atoms with Gasteiger partial charge >= 0.3 is 0 Å². The smallest absolute Gasteiger partial charge is 0.146 e. The van der Waals surface area contributed by atoms with Crippen LogP contribution in [-0.2, 0) is 26.0 Å². The lowest BCUT2D eigenvalue weighted by atomic mass is 10.1. The predicted molar refractivity (Wildman–Crippen MR) is 74.3 cm³/mol. The molecule has 0 spiro atoms. The average molecular weight is 257 g/mol. The molecule has 0 amide bonds. The van der Waals surface area contributed by atoms with Gasteiger partial charge in [-0.2, -0.15) is 0 Å². The third-order valence-electron chi connectivity index (χ3n) is 3.64. The highest BCUT2D eigenvalue weighted by Gasteiger charge is 2.12. The van der Waals surface area contributed by atoms with Crippen molar-refractivity contribution in [1.82, 2.24) is 5.32 Å². The van der Waals surface area contributed by atoms with Gasteiger partial charge in [0.1, 0.15) is 18.1 Å². The maximum atomic E-state index is 5.84. The van der Waals surface area contributed by atoms with Gasteiger partial charge in [0.15, 0.2) is 0 Å². The van der Waals surface area contributed by atoms with Gasteiger partial charge in [-0.15, -0.1) is 0 Å². The van der Waals surface area contributed by atoms with Crippen LogP contribution in [0.4, 0.5) is 0 Å². The Labute approximate surface area is 113 Å². The van der Waals surface area contributed by atoms with Gasteiger partial charge < -0.3 is 14.5 Å². The minimum absolute atomic E-state index is 0.489. The van der Waals surface area contributed by atoms with Crippen LogP contribution in [0.25, 0.3) is 0 Å². The molecule has 2 aromatic rings. The van der Waals surface area contributed by atoms with Gasteiger partial charge in [0.25, 0.3) is 0 Å². The van der Waals surface area contributed by atoms with E-state index in [9.17, 15) is 0 Å². The van der Waals surface area contributed by atoms with Crippen molar-refractivity contribution in [1.29, 1.82) is 0 Å². The first kappa shape index (κ1) is 12.3. The van der Waals surface area contributed by atoms with Crippen LogP contribution in [0.15, 0.2) is 34.9 Å². The van der Waals surface area contributed by atoms with Crippen LogP contribution in [0, 0.1) is 0 Å². The van der Waals surface area contributed by atoms with E-state index < -0.39 is 0 Å². The van der Waals surface area contributed by atoms with Crippen LogP contribution < -0.4 is 10.1 Å². The van der Waals surface area contributed by atoms with Gasteiger partial charge in [-0.3, -0.25) is 0 Å². The fourth-order valence-electron chi connectivity index (χ4n) is 2.63. The standard InChI is InChI=1S/C16H19NO2/c1-17-10-14-7-8-18-16(14)11-19-15-6-5-12-3-2-4-13(12)9-15/h5-9,17H,2-4,10-11H2,1H3. The largest absolute Gasteiger partial charge is 0.486 e. The number of fused-ring (bicyclic) bond motifs is 1. The number of hydrogen-bond acceptors (Lipinski definition) is 3. The minimum atomic E-state index is 0.489. The van der Waals surface area contributed by atoms with Gasteiger partial charge in [0.2, 0.25) is 0 Å². The van der Waals surface area contributed by atoms with Crippen molar-refractivity contribution in [3.05, 3.63) is 53.0 Å². The fourth-order valence-corrected chi connectivity index (χ4v) is 2.63. The minimum Gasteiger partial charge on any atom is -0.486 e. The summed E-state index contributed by atoms with van der Waals surface area (Å²) in [6.45, 7) is 1.29. The third-order valence-corrected chi connectivity index (χ3v) is 3.64. The van der Waals surface area contributed by atoms with Crippen LogP contribution >= 0.6 is 0 Å². The topological polar surface area (TPSA) is 34.4 Å². The molecule has 1 heterocycles. The van der Waals surface area contributed by atoms with Crippen molar-refractivity contribution >= 4 is 0 Å². The molecule has 3 nitrogen and oxygen atoms in total. The Balaban J connectivity index is 1.67. The Morgan fingerprint density at radius 1 is 1.21 bits per heavy atom. The van der Waals surface area contributed by atoms with E-state index >= 15 is 0 Å². The Morgan fingerprint density at radius 2 is 2.11 bits per heavy atom. The average Bonchev–Trinajstić information content (AvgIpc) is 3.05. The van der Waals surface area contributed by atoms with E-state index in [1.165, 1.54) is 30.4 Å². The number of ether oxygens (including phenoxy) is 1. The first-order valence-electron chi connectivity index (χ1n) is 6.81. The van der Waals surface area contributed by atoms with Gasteiger partial charge in [-0.1, -0.05) is 6.07 Å². The summed E-state index contributed by atoms with van der Waals surface area (Å²) in [5, 5.41) is 3.13. The second-order valence-electron chi connectivity index (χ2n) is 4.97. The lowest BCUT2D eigenvalue weighted by Gasteiger charge is -2.08. The van der Waals surface area contributed by atoms with Crippen LogP contribution in [-0.4, -0.2) is 7.05 Å². The maximum Gasteiger partial charge on any atom is 0.146 e. The van der Waals surface area contributed by atoms with Crippen molar-refractivity contribution in [3.63, 3.8) is 0 Å². The van der Waals surface area contributed by atoms with E-state index in [0.29, 0.717) is 6.61 Å². The van der Waals surface area contributed by atoms with Crippen LogP contribution in [0.3, 0.4) is 0 Å². The highest BCUT2D eigenvalue weighted by atomic mass is 16.5. The quantitative estimate of drug-likeness (QED) is 0.894. The van der Waals surface area contributed by atoms with Crippen molar-refractivity contribution in [2.24, 2.45) is 0 Å². The number of nitrogens with one attached hydrogen (secondary N) is 1. The summed E-state index contributed by atoms with van der Waals surface area (Å²) < 4.78 is 11.3. The number of rotatable bonds is 5. The van der Waals surface area contributed by atoms with E-state index in [2.05, 4.69) is 23.5 Å². The van der Waals surface area contributed by atoms with Crippen LogP contribution in [0.1, 0.15) is 28.9 Å². The third kappa shape index (κ3) is 2.66. The summed E-state index contributed by atoms with van der Waals surface area (Å²) in [5.74, 6) is 1.84. The molecule has 0 bridgehead atoms. The Hall–Kier alpha value is -1.74. The molecule has 1 aromatic heterocycles. The van der Waals surface area contributed by atoms with Gasteiger partial charge in [0.05, 0.1) is 6.26 Å². The highest BCUT2D eigenvalue weighted by molar-refractivity contribution is 5.38. The molecule has 3 heteroatoms. The first-order valence-corrected chi connectivity index (χ1v) is 6.81. The van der Waals surface area contributed by atoms with Crippen molar-refractivity contribution in [2.75, 3.05) is 7.05 Å². The van der Waals surface area contributed by atoms with Gasteiger partial charge in [-0.25, -0.2) is 0 Å². The molecule has 0 atom stereocenters. The Kier molecular flexibility index (Phi) is 3.56. The molecule has 0 saturated carbocycles. The second kappa shape index (κ2) is 5.49. The second-order valence-corrected chi connectivity index (χ2v) is 4.97. The monoisotopic (exact) mass is 257 g/mol. The van der Waals surface area contributed by atoms with Crippen LogP contribution in [0.5, 0.6) is 5.75 Å². The summed E-state index contributed by atoms with van der Waals surface area (Å²) >= 11 is 0. The molecule has 0 unspecified atom stereocenters. The summed E-state index contributed by atoms with van der Waals surface area (Å²) in [4.78, 5) is 0. The molecular weight excluding hydrogens is 238 g/mol. The number of aryl methyl sites for hydroxylation is 2. The molecule has 0 fully saturated rings. The van der Waals surface area contributed by atoms with E-state index in [4.69, 9.17) is 9.15 Å². The molecule has 19 heavy (non-hydrogen) atoms. The predicted octanol–water partition coefficient (Wildman–Crippen LogP) is 3.07. The van der Waals surface area contributed by atoms with Crippen molar-refractivity contribution in [3.8, 4) is 5.75 Å². The summed E-state index contributed by atoms with van der Waals surface area (Å²) in [6.07, 6.45) is 5.37. The van der Waals surface area contributed by atoms with Crippen LogP contribution in [0.2, 0.25) is 0 Å². The summed E-state index contributed by atoms with van der Waals surface area (Å²) in [6, 6.07) is 8.40. The molecular formula is C16H19NO2. The number of furan rings is 1. The zero-order chi connectivity index (χ0) is 13.1. The summed E-state index contributed by atoms with van der Waals surface area (Å²) in [5.41, 5.74) is 4.07. The lowest BCUT2D eigenvalue weighted by molar-refractivity contribution is 0.268. The maximum absolute atomic E-state index is 5.84. The van der Waals surface area contributed by atoms with Gasteiger partial charge in [-0.05, 0) is 55.6 Å². The molecule has 1 aromatic carbocycles. The zero-order valence-electron chi connectivity index (χ0n) is 11.2. The Morgan fingerprint density at radius 3 is 3.00 bits per heavy atom. The molecule has 100 valence electrons. The molecule has 0 aliphatic heterocycles.